The maximum atomic E-state index is 6.02. The molecule has 4 heteroatoms. The first kappa shape index (κ1) is 13.4. The molecule has 0 aliphatic carbocycles. The van der Waals surface area contributed by atoms with Crippen molar-refractivity contribution in [3.05, 3.63) is 51.3 Å². The number of nitrogens with zero attached hydrogens (tertiary/aromatic N) is 2. The van der Waals surface area contributed by atoms with Crippen LogP contribution >= 0.6 is 23.2 Å². The molecular formula is C14H16Cl2N2. The van der Waals surface area contributed by atoms with Gasteiger partial charge in [0.1, 0.15) is 0 Å². The predicted molar refractivity (Wildman–Crippen MR) is 76.5 cm³/mol. The molecule has 0 amide bonds. The van der Waals surface area contributed by atoms with E-state index in [4.69, 9.17) is 23.2 Å². The van der Waals surface area contributed by atoms with Crippen LogP contribution in [0, 0.1) is 0 Å². The summed E-state index contributed by atoms with van der Waals surface area (Å²) in [6.45, 7) is 4.99. The normalized spacial score (nSPS) is 10.9. The van der Waals surface area contributed by atoms with Gasteiger partial charge in [-0.15, -0.1) is 0 Å². The van der Waals surface area contributed by atoms with Gasteiger partial charge in [-0.2, -0.15) is 5.10 Å². The molecule has 0 saturated heterocycles. The van der Waals surface area contributed by atoms with Gasteiger partial charge in [0.2, 0.25) is 0 Å². The first-order valence-corrected chi connectivity index (χ1v) is 6.89. The summed E-state index contributed by atoms with van der Waals surface area (Å²) in [5.74, 6) is 0. The van der Waals surface area contributed by atoms with Gasteiger partial charge in [-0.1, -0.05) is 43.1 Å². The quantitative estimate of drug-likeness (QED) is 0.815. The minimum atomic E-state index is 0.589. The van der Waals surface area contributed by atoms with Crippen LogP contribution in [0.1, 0.15) is 30.8 Å². The summed E-state index contributed by atoms with van der Waals surface area (Å²) in [5, 5.41) is 5.77. The maximum absolute atomic E-state index is 6.02. The van der Waals surface area contributed by atoms with Gasteiger partial charge < -0.3 is 0 Å². The largest absolute Gasteiger partial charge is 0.265 e. The zero-order valence-electron chi connectivity index (χ0n) is 10.6. The Labute approximate surface area is 118 Å². The molecule has 2 rings (SSSR count). The van der Waals surface area contributed by atoms with Crippen molar-refractivity contribution >= 4 is 23.2 Å². The number of aryl methyl sites for hydroxylation is 2. The molecule has 2 aromatic rings. The average molecular weight is 283 g/mol. The van der Waals surface area contributed by atoms with Crippen molar-refractivity contribution in [1.29, 1.82) is 0 Å². The van der Waals surface area contributed by atoms with E-state index in [1.807, 2.05) is 22.9 Å². The third-order valence-corrected chi connectivity index (χ3v) is 3.69. The molecule has 1 aromatic heterocycles. The second-order valence-electron chi connectivity index (χ2n) is 4.24. The van der Waals surface area contributed by atoms with Crippen LogP contribution < -0.4 is 0 Å². The van der Waals surface area contributed by atoms with Crippen molar-refractivity contribution in [2.24, 2.45) is 0 Å². The summed E-state index contributed by atoms with van der Waals surface area (Å²) in [4.78, 5) is 0. The zero-order valence-corrected chi connectivity index (χ0v) is 12.1. The Morgan fingerprint density at radius 2 is 1.83 bits per heavy atom. The molecule has 0 atom stereocenters. The Hall–Kier alpha value is -0.990. The fourth-order valence-electron chi connectivity index (χ4n) is 1.92. The highest BCUT2D eigenvalue weighted by Crippen LogP contribution is 2.23. The molecule has 0 bridgehead atoms. The molecular weight excluding hydrogens is 267 g/mol. The predicted octanol–water partition coefficient (Wildman–Crippen LogP) is 4.36. The molecule has 2 nitrogen and oxygen atoms in total. The Morgan fingerprint density at radius 3 is 2.44 bits per heavy atom. The number of aromatic nitrogens is 2. The van der Waals surface area contributed by atoms with Crippen molar-refractivity contribution in [2.75, 3.05) is 0 Å². The first-order valence-electron chi connectivity index (χ1n) is 6.13. The molecule has 0 aliphatic rings. The molecule has 96 valence electrons. The van der Waals surface area contributed by atoms with Crippen molar-refractivity contribution in [3.8, 4) is 0 Å². The monoisotopic (exact) mass is 282 g/mol. The minimum Gasteiger partial charge on any atom is -0.265 e. The van der Waals surface area contributed by atoms with Crippen molar-refractivity contribution < 1.29 is 0 Å². The van der Waals surface area contributed by atoms with E-state index in [0.717, 1.165) is 30.6 Å². The molecule has 0 spiro atoms. The molecule has 0 saturated carbocycles. The van der Waals surface area contributed by atoms with E-state index in [-0.39, 0.29) is 0 Å². The topological polar surface area (TPSA) is 17.8 Å². The minimum absolute atomic E-state index is 0.589. The van der Waals surface area contributed by atoms with E-state index >= 15 is 0 Å². The number of hydrogen-bond donors (Lipinski definition) is 0. The molecule has 0 unspecified atom stereocenters. The van der Waals surface area contributed by atoms with E-state index in [2.05, 4.69) is 25.0 Å². The van der Waals surface area contributed by atoms with E-state index in [9.17, 15) is 0 Å². The van der Waals surface area contributed by atoms with Gasteiger partial charge in [-0.3, -0.25) is 4.68 Å². The first-order chi connectivity index (χ1) is 8.63. The van der Waals surface area contributed by atoms with Crippen LogP contribution in [0.15, 0.2) is 24.3 Å². The molecule has 1 heterocycles. The second kappa shape index (κ2) is 5.77. The highest BCUT2D eigenvalue weighted by molar-refractivity contribution is 6.42. The van der Waals surface area contributed by atoms with Gasteiger partial charge >= 0.3 is 0 Å². The number of rotatable bonds is 4. The van der Waals surface area contributed by atoms with Gasteiger partial charge in [-0.25, -0.2) is 0 Å². The SMILES string of the molecule is CCc1cc(CC)n(Cc2ccc(Cl)c(Cl)c2)n1. The van der Waals surface area contributed by atoms with E-state index < -0.39 is 0 Å². The van der Waals surface area contributed by atoms with Crippen molar-refractivity contribution in [3.63, 3.8) is 0 Å². The summed E-state index contributed by atoms with van der Waals surface area (Å²) in [6.07, 6.45) is 1.94. The summed E-state index contributed by atoms with van der Waals surface area (Å²) in [5.41, 5.74) is 3.50. The van der Waals surface area contributed by atoms with Crippen LogP contribution in [0.3, 0.4) is 0 Å². The van der Waals surface area contributed by atoms with E-state index in [1.54, 1.807) is 0 Å². The Bertz CT molecular complexity index is 547. The Balaban J connectivity index is 2.27. The number of benzene rings is 1. The molecule has 18 heavy (non-hydrogen) atoms. The molecule has 0 fully saturated rings. The van der Waals surface area contributed by atoms with Crippen LogP contribution in [0.4, 0.5) is 0 Å². The maximum Gasteiger partial charge on any atom is 0.0663 e. The third kappa shape index (κ3) is 2.88. The smallest absolute Gasteiger partial charge is 0.0663 e. The fraction of sp³-hybridized carbons (Fsp3) is 0.357. The van der Waals surface area contributed by atoms with Gasteiger partial charge in [0.25, 0.3) is 0 Å². The highest BCUT2D eigenvalue weighted by Gasteiger charge is 2.07. The van der Waals surface area contributed by atoms with Crippen LogP contribution in [0.25, 0.3) is 0 Å². The van der Waals surface area contributed by atoms with Crippen LogP contribution in [0.2, 0.25) is 10.0 Å². The van der Waals surface area contributed by atoms with Gasteiger partial charge in [0.15, 0.2) is 0 Å². The fourth-order valence-corrected chi connectivity index (χ4v) is 2.24. The summed E-state index contributed by atoms with van der Waals surface area (Å²) in [6, 6.07) is 7.88. The molecule has 1 aromatic carbocycles. The lowest BCUT2D eigenvalue weighted by Crippen LogP contribution is -2.06. The van der Waals surface area contributed by atoms with Crippen LogP contribution in [-0.4, -0.2) is 9.78 Å². The van der Waals surface area contributed by atoms with Crippen LogP contribution in [0.5, 0.6) is 0 Å². The highest BCUT2D eigenvalue weighted by atomic mass is 35.5. The molecule has 0 radical (unpaired) electrons. The lowest BCUT2D eigenvalue weighted by molar-refractivity contribution is 0.640. The van der Waals surface area contributed by atoms with Gasteiger partial charge in [0, 0.05) is 5.69 Å². The lowest BCUT2D eigenvalue weighted by atomic mass is 10.2. The van der Waals surface area contributed by atoms with Crippen molar-refractivity contribution in [2.45, 2.75) is 33.2 Å². The average Bonchev–Trinajstić information content (AvgIpc) is 2.76. The standard InChI is InChI=1S/C14H16Cl2N2/c1-3-11-8-12(4-2)18(17-11)9-10-5-6-13(15)14(16)7-10/h5-8H,3-4,9H2,1-2H3. The van der Waals surface area contributed by atoms with Gasteiger partial charge in [0.05, 0.1) is 22.3 Å². The number of hydrogen-bond acceptors (Lipinski definition) is 1. The Morgan fingerprint density at radius 1 is 1.06 bits per heavy atom. The number of halogens is 2. The third-order valence-electron chi connectivity index (χ3n) is 2.95. The summed E-state index contributed by atoms with van der Waals surface area (Å²) in [7, 11) is 0. The summed E-state index contributed by atoms with van der Waals surface area (Å²) < 4.78 is 2.04. The lowest BCUT2D eigenvalue weighted by Gasteiger charge is -2.07. The van der Waals surface area contributed by atoms with Crippen molar-refractivity contribution in [1.82, 2.24) is 9.78 Å². The molecule has 0 aliphatic heterocycles. The van der Waals surface area contributed by atoms with E-state index in [1.165, 1.54) is 5.69 Å². The Kier molecular flexibility index (Phi) is 4.31. The zero-order chi connectivity index (χ0) is 13.1. The van der Waals surface area contributed by atoms with Gasteiger partial charge in [-0.05, 0) is 36.6 Å². The summed E-state index contributed by atoms with van der Waals surface area (Å²) >= 11 is 11.9. The second-order valence-corrected chi connectivity index (χ2v) is 5.05. The molecule has 0 N–H and O–H groups in total. The van der Waals surface area contributed by atoms with Crippen LogP contribution in [-0.2, 0) is 19.4 Å². The van der Waals surface area contributed by atoms with E-state index in [0.29, 0.717) is 10.0 Å².